The Balaban J connectivity index is 1.67. The number of halogens is 1. The van der Waals surface area contributed by atoms with Gasteiger partial charge >= 0.3 is 5.97 Å². The van der Waals surface area contributed by atoms with E-state index in [2.05, 4.69) is 25.5 Å². The van der Waals surface area contributed by atoms with E-state index >= 15 is 0 Å². The van der Waals surface area contributed by atoms with Crippen LogP contribution >= 0.6 is 11.6 Å². The van der Waals surface area contributed by atoms with Gasteiger partial charge in [0.2, 0.25) is 0 Å². The number of esters is 1. The zero-order valence-corrected chi connectivity index (χ0v) is 18.9. The van der Waals surface area contributed by atoms with E-state index in [1.54, 1.807) is 43.2 Å². The van der Waals surface area contributed by atoms with Gasteiger partial charge in [0.1, 0.15) is 34.2 Å². The Morgan fingerprint density at radius 1 is 1.16 bits per heavy atom. The van der Waals surface area contributed by atoms with E-state index in [-0.39, 0.29) is 0 Å². The van der Waals surface area contributed by atoms with Crippen LogP contribution in [0.1, 0.15) is 28.7 Å². The number of anilines is 2. The summed E-state index contributed by atoms with van der Waals surface area (Å²) in [6.07, 6.45) is 1.42. The van der Waals surface area contributed by atoms with Crippen LogP contribution in [0.3, 0.4) is 0 Å². The summed E-state index contributed by atoms with van der Waals surface area (Å²) in [6, 6.07) is 11.4. The molecule has 4 rings (SSSR count). The van der Waals surface area contributed by atoms with Crippen molar-refractivity contribution in [1.82, 2.24) is 29.5 Å². The third kappa shape index (κ3) is 3.94. The average molecular weight is 452 g/mol. The Morgan fingerprint density at radius 2 is 1.91 bits per heavy atom. The van der Waals surface area contributed by atoms with Crippen molar-refractivity contribution in [3.05, 3.63) is 64.7 Å². The minimum Gasteiger partial charge on any atom is -0.462 e. The highest BCUT2D eigenvalue weighted by Gasteiger charge is 2.22. The monoisotopic (exact) mass is 451 g/mol. The molecule has 0 atom stereocenters. The van der Waals surface area contributed by atoms with E-state index in [1.807, 2.05) is 30.3 Å². The molecule has 0 radical (unpaired) electrons. The molecule has 0 saturated carbocycles. The number of rotatable bonds is 6. The number of nitrogens with one attached hydrogen (secondary N) is 1. The van der Waals surface area contributed by atoms with E-state index in [9.17, 15) is 4.79 Å². The molecule has 164 valence electrons. The molecule has 0 fully saturated rings. The van der Waals surface area contributed by atoms with Crippen molar-refractivity contribution in [1.29, 1.82) is 0 Å². The number of aromatic nitrogens is 6. The molecule has 1 N–H and O–H groups in total. The van der Waals surface area contributed by atoms with Crippen LogP contribution in [-0.4, -0.2) is 42.1 Å². The van der Waals surface area contributed by atoms with Crippen LogP contribution in [0, 0.1) is 13.8 Å². The predicted molar refractivity (Wildman–Crippen MR) is 122 cm³/mol. The number of aryl methyl sites for hydroxylation is 2. The van der Waals surface area contributed by atoms with E-state index in [4.69, 9.17) is 16.3 Å². The van der Waals surface area contributed by atoms with Gasteiger partial charge in [-0.25, -0.2) is 19.4 Å². The van der Waals surface area contributed by atoms with Crippen LogP contribution in [0.2, 0.25) is 5.02 Å². The van der Waals surface area contributed by atoms with Crippen molar-refractivity contribution < 1.29 is 9.53 Å². The molecule has 4 aromatic rings. The summed E-state index contributed by atoms with van der Waals surface area (Å²) in [5.41, 5.74) is 3.22. The minimum absolute atomic E-state index is 0.293. The third-order valence-corrected chi connectivity index (χ3v) is 5.28. The van der Waals surface area contributed by atoms with Gasteiger partial charge < -0.3 is 10.1 Å². The fourth-order valence-electron chi connectivity index (χ4n) is 3.43. The van der Waals surface area contributed by atoms with Crippen molar-refractivity contribution in [3.8, 4) is 17.1 Å². The van der Waals surface area contributed by atoms with Crippen molar-refractivity contribution in [2.45, 2.75) is 20.8 Å². The van der Waals surface area contributed by atoms with Gasteiger partial charge in [-0.3, -0.25) is 4.68 Å². The van der Waals surface area contributed by atoms with Gasteiger partial charge in [-0.05, 0) is 20.8 Å². The minimum atomic E-state index is -0.406. The molecular weight excluding hydrogens is 430 g/mol. The number of hydrogen-bond donors (Lipinski definition) is 1. The third-order valence-electron chi connectivity index (χ3n) is 4.92. The summed E-state index contributed by atoms with van der Waals surface area (Å²) in [6.45, 7) is 5.62. The highest BCUT2D eigenvalue weighted by atomic mass is 35.5. The molecule has 0 unspecified atom stereocenters. The molecule has 0 aliphatic carbocycles. The van der Waals surface area contributed by atoms with Gasteiger partial charge in [0.25, 0.3) is 0 Å². The number of carbonyl (C=O) groups is 1. The summed E-state index contributed by atoms with van der Waals surface area (Å²) in [7, 11) is 1.80. The Bertz CT molecular complexity index is 1280. The SMILES string of the molecule is CCOC(=O)c1c(C)nn(-c2cc(Nc3c(Cl)c(-c4ccccc4)nn3C)ncn2)c1C. The summed E-state index contributed by atoms with van der Waals surface area (Å²) < 4.78 is 8.40. The largest absolute Gasteiger partial charge is 0.462 e. The second kappa shape index (κ2) is 8.80. The van der Waals surface area contributed by atoms with Crippen molar-refractivity contribution in [3.63, 3.8) is 0 Å². The van der Waals surface area contributed by atoms with Crippen LogP contribution in [0.25, 0.3) is 17.1 Å². The maximum atomic E-state index is 12.3. The maximum Gasteiger partial charge on any atom is 0.341 e. The van der Waals surface area contributed by atoms with Crippen molar-refractivity contribution in [2.75, 3.05) is 11.9 Å². The number of nitrogens with zero attached hydrogens (tertiary/aromatic N) is 6. The first-order chi connectivity index (χ1) is 15.4. The highest BCUT2D eigenvalue weighted by molar-refractivity contribution is 6.35. The molecule has 1 aromatic carbocycles. The Hall–Kier alpha value is -3.72. The lowest BCUT2D eigenvalue weighted by Gasteiger charge is -2.09. The van der Waals surface area contributed by atoms with E-state index in [1.165, 1.54) is 6.33 Å². The molecule has 10 heteroatoms. The Morgan fingerprint density at radius 3 is 2.62 bits per heavy atom. The lowest BCUT2D eigenvalue weighted by Crippen LogP contribution is -2.09. The lowest BCUT2D eigenvalue weighted by molar-refractivity contribution is 0.0524. The van der Waals surface area contributed by atoms with Crippen molar-refractivity contribution in [2.24, 2.45) is 7.05 Å². The van der Waals surface area contributed by atoms with Gasteiger partial charge in [0.15, 0.2) is 5.82 Å². The first-order valence-corrected chi connectivity index (χ1v) is 10.4. The number of benzene rings is 1. The van der Waals surface area contributed by atoms with Gasteiger partial charge in [-0.1, -0.05) is 41.9 Å². The first-order valence-electron chi connectivity index (χ1n) is 10.0. The topological polar surface area (TPSA) is 99.8 Å². The first kappa shape index (κ1) is 21.5. The molecule has 32 heavy (non-hydrogen) atoms. The average Bonchev–Trinajstić information content (AvgIpc) is 3.24. The number of carbonyl (C=O) groups excluding carboxylic acids is 1. The van der Waals surface area contributed by atoms with E-state index in [0.29, 0.717) is 51.7 Å². The van der Waals surface area contributed by atoms with Crippen molar-refractivity contribution >= 4 is 29.2 Å². The number of ether oxygens (including phenoxy) is 1. The molecule has 9 nitrogen and oxygen atoms in total. The quantitative estimate of drug-likeness (QED) is 0.437. The summed E-state index contributed by atoms with van der Waals surface area (Å²) >= 11 is 6.63. The molecule has 0 saturated heterocycles. The van der Waals surface area contributed by atoms with Crippen LogP contribution in [0.15, 0.2) is 42.7 Å². The van der Waals surface area contributed by atoms with Gasteiger partial charge in [0.05, 0.1) is 18.0 Å². The smallest absolute Gasteiger partial charge is 0.341 e. The second-order valence-corrected chi connectivity index (χ2v) is 7.44. The summed E-state index contributed by atoms with van der Waals surface area (Å²) in [5, 5.41) is 12.7. The molecule has 0 aliphatic rings. The summed E-state index contributed by atoms with van der Waals surface area (Å²) in [5.74, 6) is 1.19. The summed E-state index contributed by atoms with van der Waals surface area (Å²) in [4.78, 5) is 20.9. The van der Waals surface area contributed by atoms with Crippen LogP contribution < -0.4 is 5.32 Å². The lowest BCUT2D eigenvalue weighted by atomic mass is 10.1. The zero-order chi connectivity index (χ0) is 22.8. The fourth-order valence-corrected chi connectivity index (χ4v) is 3.75. The Labute approximate surface area is 190 Å². The molecule has 0 spiro atoms. The molecule has 0 bridgehead atoms. The molecule has 0 aliphatic heterocycles. The molecule has 3 aromatic heterocycles. The maximum absolute atomic E-state index is 12.3. The van der Waals surface area contributed by atoms with Crippen LogP contribution in [-0.2, 0) is 11.8 Å². The molecule has 0 amide bonds. The fraction of sp³-hybridized carbons (Fsp3) is 0.227. The van der Waals surface area contributed by atoms with Gasteiger partial charge in [-0.15, -0.1) is 0 Å². The number of hydrogen-bond acceptors (Lipinski definition) is 7. The standard InChI is InChI=1S/C22H22ClN7O2/c1-5-32-22(31)18-13(2)27-30(14(18)3)17-11-16(24-12-25-17)26-21-19(23)20(28-29(21)4)15-9-7-6-8-10-15/h6-12H,5H2,1-4H3,(H,24,25,26). The van der Waals surface area contributed by atoms with E-state index in [0.717, 1.165) is 5.56 Å². The Kier molecular flexibility index (Phi) is 5.91. The van der Waals surface area contributed by atoms with Crippen LogP contribution in [0.4, 0.5) is 11.6 Å². The van der Waals surface area contributed by atoms with Gasteiger partial charge in [-0.2, -0.15) is 10.2 Å². The normalized spacial score (nSPS) is 10.9. The van der Waals surface area contributed by atoms with E-state index < -0.39 is 5.97 Å². The second-order valence-electron chi connectivity index (χ2n) is 7.07. The highest BCUT2D eigenvalue weighted by Crippen LogP contribution is 2.34. The van der Waals surface area contributed by atoms with Crippen LogP contribution in [0.5, 0.6) is 0 Å². The molecular formula is C22H22ClN7O2. The predicted octanol–water partition coefficient (Wildman–Crippen LogP) is 4.25. The molecule has 3 heterocycles. The van der Waals surface area contributed by atoms with Gasteiger partial charge in [0, 0.05) is 18.7 Å². The zero-order valence-electron chi connectivity index (χ0n) is 18.1.